The van der Waals surface area contributed by atoms with Gasteiger partial charge in [0.1, 0.15) is 5.75 Å². The first-order valence-corrected chi connectivity index (χ1v) is 11.5. The van der Waals surface area contributed by atoms with Crippen molar-refractivity contribution >= 4 is 17.5 Å². The summed E-state index contributed by atoms with van der Waals surface area (Å²) >= 11 is 0. The van der Waals surface area contributed by atoms with Crippen LogP contribution in [0.2, 0.25) is 0 Å². The van der Waals surface area contributed by atoms with Gasteiger partial charge in [-0.2, -0.15) is 0 Å². The number of rotatable bonds is 5. The van der Waals surface area contributed by atoms with Crippen LogP contribution in [-0.4, -0.2) is 98.0 Å². The van der Waals surface area contributed by atoms with Crippen LogP contribution in [0.1, 0.15) is 18.7 Å². The second-order valence-corrected chi connectivity index (χ2v) is 8.72. The molecule has 2 amide bonds. The number of carbonyl (C=O) groups excluding carboxylic acids is 2. The van der Waals surface area contributed by atoms with Gasteiger partial charge in [0, 0.05) is 64.4 Å². The molecule has 2 saturated heterocycles. The predicted octanol–water partition coefficient (Wildman–Crippen LogP) is 1.86. The standard InChI is InChI=1S/C24H33N5O4/c1-18-25-16-22(33-18)20-6-5-19(15-21(20)32-3)27-10-7-23(30)29(14-13-27)17-24(31)28-9-4-8-26(2)11-12-28/h5-6,15-16H,4,7-14,17H2,1-3H3. The van der Waals surface area contributed by atoms with E-state index < -0.39 is 0 Å². The lowest BCUT2D eigenvalue weighted by atomic mass is 10.1. The maximum Gasteiger partial charge on any atom is 0.242 e. The highest BCUT2D eigenvalue weighted by Gasteiger charge is 2.26. The van der Waals surface area contributed by atoms with E-state index in [0.29, 0.717) is 43.5 Å². The van der Waals surface area contributed by atoms with Gasteiger partial charge in [-0.1, -0.05) is 0 Å². The molecule has 4 rings (SSSR count). The van der Waals surface area contributed by atoms with Crippen LogP contribution >= 0.6 is 0 Å². The number of aromatic nitrogens is 1. The third kappa shape index (κ3) is 5.47. The van der Waals surface area contributed by atoms with Crippen LogP contribution < -0.4 is 9.64 Å². The molecule has 178 valence electrons. The number of nitrogens with zero attached hydrogens (tertiary/aromatic N) is 5. The van der Waals surface area contributed by atoms with E-state index in [9.17, 15) is 9.59 Å². The van der Waals surface area contributed by atoms with Crippen molar-refractivity contribution in [1.82, 2.24) is 19.7 Å². The zero-order valence-electron chi connectivity index (χ0n) is 19.7. The molecule has 2 aliphatic heterocycles. The quantitative estimate of drug-likeness (QED) is 0.681. The number of hydrogen-bond donors (Lipinski definition) is 0. The number of hydrogen-bond acceptors (Lipinski definition) is 7. The highest BCUT2D eigenvalue weighted by Crippen LogP contribution is 2.34. The van der Waals surface area contributed by atoms with E-state index in [4.69, 9.17) is 9.15 Å². The first-order valence-electron chi connectivity index (χ1n) is 11.5. The molecule has 33 heavy (non-hydrogen) atoms. The molecule has 0 atom stereocenters. The maximum atomic E-state index is 12.9. The molecule has 0 aliphatic carbocycles. The summed E-state index contributed by atoms with van der Waals surface area (Å²) in [6.45, 7) is 7.09. The minimum atomic E-state index is 0.0264. The zero-order valence-corrected chi connectivity index (χ0v) is 19.7. The van der Waals surface area contributed by atoms with Crippen molar-refractivity contribution in [3.63, 3.8) is 0 Å². The summed E-state index contributed by atoms with van der Waals surface area (Å²) in [5.41, 5.74) is 1.81. The summed E-state index contributed by atoms with van der Waals surface area (Å²) in [5, 5.41) is 0. The first-order chi connectivity index (χ1) is 15.9. The van der Waals surface area contributed by atoms with Crippen LogP contribution in [-0.2, 0) is 9.59 Å². The molecule has 0 radical (unpaired) electrons. The summed E-state index contributed by atoms with van der Waals surface area (Å²) in [6, 6.07) is 5.93. The molecule has 2 aromatic rings. The minimum absolute atomic E-state index is 0.0264. The number of likely N-dealkylation sites (N-methyl/N-ethyl adjacent to an activating group) is 1. The van der Waals surface area contributed by atoms with E-state index in [-0.39, 0.29) is 18.4 Å². The highest BCUT2D eigenvalue weighted by atomic mass is 16.5. The van der Waals surface area contributed by atoms with Gasteiger partial charge in [-0.15, -0.1) is 0 Å². The molecule has 1 aromatic heterocycles. The molecule has 0 bridgehead atoms. The minimum Gasteiger partial charge on any atom is -0.496 e. The predicted molar refractivity (Wildman–Crippen MR) is 125 cm³/mol. The van der Waals surface area contributed by atoms with Crippen molar-refractivity contribution in [3.8, 4) is 17.1 Å². The Morgan fingerprint density at radius 1 is 1.12 bits per heavy atom. The van der Waals surface area contributed by atoms with Gasteiger partial charge in [0.15, 0.2) is 11.7 Å². The fraction of sp³-hybridized carbons (Fsp3) is 0.542. The van der Waals surface area contributed by atoms with Crippen molar-refractivity contribution in [2.75, 3.05) is 71.4 Å². The average molecular weight is 456 g/mol. The Labute approximate surface area is 194 Å². The lowest BCUT2D eigenvalue weighted by molar-refractivity contribution is -0.139. The van der Waals surface area contributed by atoms with E-state index >= 15 is 0 Å². The molecular weight excluding hydrogens is 422 g/mol. The largest absolute Gasteiger partial charge is 0.496 e. The Morgan fingerprint density at radius 2 is 1.97 bits per heavy atom. The summed E-state index contributed by atoms with van der Waals surface area (Å²) in [4.78, 5) is 37.8. The van der Waals surface area contributed by atoms with Gasteiger partial charge in [0.2, 0.25) is 11.8 Å². The van der Waals surface area contributed by atoms with Crippen LogP contribution in [0.4, 0.5) is 5.69 Å². The Bertz CT molecular complexity index is 991. The Hall–Kier alpha value is -3.07. The maximum absolute atomic E-state index is 12.9. The van der Waals surface area contributed by atoms with E-state index in [1.54, 1.807) is 25.1 Å². The summed E-state index contributed by atoms with van der Waals surface area (Å²) in [5.74, 6) is 2.02. The van der Waals surface area contributed by atoms with E-state index in [0.717, 1.165) is 43.9 Å². The van der Waals surface area contributed by atoms with Gasteiger partial charge in [-0.25, -0.2) is 4.98 Å². The third-order valence-electron chi connectivity index (χ3n) is 6.42. The van der Waals surface area contributed by atoms with Crippen LogP contribution in [0.5, 0.6) is 5.75 Å². The van der Waals surface area contributed by atoms with Crippen LogP contribution in [0, 0.1) is 6.92 Å². The highest BCUT2D eigenvalue weighted by molar-refractivity contribution is 5.85. The zero-order chi connectivity index (χ0) is 23.4. The first kappa shape index (κ1) is 23.1. The number of aryl methyl sites for hydroxylation is 1. The van der Waals surface area contributed by atoms with Crippen molar-refractivity contribution in [3.05, 3.63) is 30.3 Å². The number of anilines is 1. The number of amides is 2. The SMILES string of the molecule is COc1cc(N2CCC(=O)N(CC(=O)N3CCCN(C)CC3)CC2)ccc1-c1cnc(C)o1. The van der Waals surface area contributed by atoms with E-state index in [1.807, 2.05) is 23.1 Å². The summed E-state index contributed by atoms with van der Waals surface area (Å²) < 4.78 is 11.3. The second-order valence-electron chi connectivity index (χ2n) is 8.72. The summed E-state index contributed by atoms with van der Waals surface area (Å²) in [6.07, 6.45) is 3.03. The Morgan fingerprint density at radius 3 is 2.73 bits per heavy atom. The fourth-order valence-corrected chi connectivity index (χ4v) is 4.42. The monoisotopic (exact) mass is 455 g/mol. The van der Waals surface area contributed by atoms with Gasteiger partial charge in [-0.05, 0) is 32.1 Å². The van der Waals surface area contributed by atoms with Gasteiger partial charge in [-0.3, -0.25) is 9.59 Å². The average Bonchev–Trinajstić information content (AvgIpc) is 3.00. The summed E-state index contributed by atoms with van der Waals surface area (Å²) in [7, 11) is 3.71. The van der Waals surface area contributed by atoms with Gasteiger partial charge in [0.25, 0.3) is 0 Å². The normalized spacial score (nSPS) is 18.3. The number of methoxy groups -OCH3 is 1. The molecule has 1 aromatic carbocycles. The van der Waals surface area contributed by atoms with Crippen LogP contribution in [0.3, 0.4) is 0 Å². The van der Waals surface area contributed by atoms with Gasteiger partial charge in [0.05, 0.1) is 25.4 Å². The molecule has 0 saturated carbocycles. The molecule has 3 heterocycles. The van der Waals surface area contributed by atoms with Crippen LogP contribution in [0.25, 0.3) is 11.3 Å². The molecule has 0 spiro atoms. The smallest absolute Gasteiger partial charge is 0.242 e. The molecular formula is C24H33N5O4. The van der Waals surface area contributed by atoms with Crippen molar-refractivity contribution < 1.29 is 18.7 Å². The van der Waals surface area contributed by atoms with Gasteiger partial charge >= 0.3 is 0 Å². The van der Waals surface area contributed by atoms with Crippen molar-refractivity contribution in [1.29, 1.82) is 0 Å². The molecule has 2 aliphatic rings. The molecule has 2 fully saturated rings. The van der Waals surface area contributed by atoms with Crippen molar-refractivity contribution in [2.45, 2.75) is 19.8 Å². The Kier molecular flexibility index (Phi) is 7.17. The van der Waals surface area contributed by atoms with Crippen molar-refractivity contribution in [2.24, 2.45) is 0 Å². The topological polar surface area (TPSA) is 82.4 Å². The lowest BCUT2D eigenvalue weighted by Crippen LogP contribution is -2.44. The molecule has 9 nitrogen and oxygen atoms in total. The Balaban J connectivity index is 1.41. The van der Waals surface area contributed by atoms with Crippen LogP contribution in [0.15, 0.2) is 28.8 Å². The number of ether oxygens (including phenoxy) is 1. The fourth-order valence-electron chi connectivity index (χ4n) is 4.42. The molecule has 0 N–H and O–H groups in total. The second kappa shape index (κ2) is 10.2. The molecule has 0 unspecified atom stereocenters. The number of carbonyl (C=O) groups is 2. The van der Waals surface area contributed by atoms with E-state index in [2.05, 4.69) is 21.8 Å². The van der Waals surface area contributed by atoms with Gasteiger partial charge < -0.3 is 28.8 Å². The molecule has 9 heteroatoms. The number of oxazole rings is 1. The third-order valence-corrected chi connectivity index (χ3v) is 6.42. The number of benzene rings is 1. The lowest BCUT2D eigenvalue weighted by Gasteiger charge is -2.26. The van der Waals surface area contributed by atoms with E-state index in [1.165, 1.54) is 0 Å².